The Labute approximate surface area is 156 Å². The van der Waals surface area contributed by atoms with E-state index in [0.29, 0.717) is 6.42 Å². The summed E-state index contributed by atoms with van der Waals surface area (Å²) >= 11 is 3.41. The van der Waals surface area contributed by atoms with E-state index in [-0.39, 0.29) is 11.9 Å². The third kappa shape index (κ3) is 3.14. The molecule has 0 aliphatic carbocycles. The summed E-state index contributed by atoms with van der Waals surface area (Å²) in [5.41, 5.74) is 3.41. The summed E-state index contributed by atoms with van der Waals surface area (Å²) in [4.78, 5) is 22.0. The topological polar surface area (TPSA) is 33.2 Å². The average Bonchev–Trinajstić information content (AvgIpc) is 3.29. The van der Waals surface area contributed by atoms with E-state index >= 15 is 0 Å². The molecule has 2 aromatic heterocycles. The fraction of sp³-hybridized carbons (Fsp3) is 0.300. The highest BCUT2D eigenvalue weighted by atomic mass is 32.1. The normalized spacial score (nSPS) is 16.2. The Morgan fingerprint density at radius 1 is 1.28 bits per heavy atom. The summed E-state index contributed by atoms with van der Waals surface area (Å²) < 4.78 is 0. The molecule has 1 atom stereocenters. The number of hydrogen-bond acceptors (Lipinski definition) is 4. The van der Waals surface area contributed by atoms with E-state index in [9.17, 15) is 4.79 Å². The summed E-state index contributed by atoms with van der Waals surface area (Å²) in [6.07, 6.45) is 2.23. The molecule has 0 spiro atoms. The van der Waals surface area contributed by atoms with Crippen LogP contribution in [0.4, 0.5) is 5.69 Å². The minimum atomic E-state index is 0.209. The van der Waals surface area contributed by atoms with Gasteiger partial charge in [0.25, 0.3) is 0 Å². The Balaban J connectivity index is 1.52. The minimum absolute atomic E-state index is 0.209. The zero-order valence-corrected chi connectivity index (χ0v) is 16.0. The molecule has 1 aliphatic rings. The second kappa shape index (κ2) is 6.73. The van der Waals surface area contributed by atoms with Crippen LogP contribution in [0.1, 0.15) is 28.8 Å². The first-order valence-corrected chi connectivity index (χ1v) is 10.2. The molecule has 1 amide bonds. The van der Waals surface area contributed by atoms with Crippen LogP contribution >= 0.6 is 22.7 Å². The molecule has 3 heterocycles. The van der Waals surface area contributed by atoms with Crippen molar-refractivity contribution in [2.75, 3.05) is 4.90 Å². The Hall–Kier alpha value is -1.98. The molecule has 0 saturated heterocycles. The summed E-state index contributed by atoms with van der Waals surface area (Å²) in [5, 5.41) is 3.13. The van der Waals surface area contributed by atoms with Crippen LogP contribution in [0, 0.1) is 6.92 Å². The van der Waals surface area contributed by atoms with Crippen LogP contribution in [0.5, 0.6) is 0 Å². The van der Waals surface area contributed by atoms with Gasteiger partial charge in [0.2, 0.25) is 5.91 Å². The SMILES string of the molecule is Cc1nc(-c2cccs2)c(CCC(=O)N2c3ccccc3C[C@H]2C)s1. The van der Waals surface area contributed by atoms with Crippen LogP contribution in [0.15, 0.2) is 41.8 Å². The highest BCUT2D eigenvalue weighted by molar-refractivity contribution is 7.15. The number of rotatable bonds is 4. The van der Waals surface area contributed by atoms with Crippen LogP contribution in [0.25, 0.3) is 10.6 Å². The van der Waals surface area contributed by atoms with Crippen LogP contribution in [-0.2, 0) is 17.6 Å². The molecule has 1 aliphatic heterocycles. The average molecular weight is 369 g/mol. The zero-order valence-electron chi connectivity index (χ0n) is 14.4. The number of hydrogen-bond donors (Lipinski definition) is 0. The van der Waals surface area contributed by atoms with Crippen molar-refractivity contribution in [2.24, 2.45) is 0 Å². The monoisotopic (exact) mass is 368 g/mol. The predicted octanol–water partition coefficient (Wildman–Crippen LogP) is 5.09. The summed E-state index contributed by atoms with van der Waals surface area (Å²) in [5.74, 6) is 0.209. The number of carbonyl (C=O) groups is 1. The van der Waals surface area contributed by atoms with E-state index in [1.807, 2.05) is 30.0 Å². The third-order valence-electron chi connectivity index (χ3n) is 4.60. The van der Waals surface area contributed by atoms with E-state index in [1.54, 1.807) is 22.7 Å². The smallest absolute Gasteiger partial charge is 0.227 e. The molecule has 0 fully saturated rings. The van der Waals surface area contributed by atoms with Crippen molar-refractivity contribution < 1.29 is 4.79 Å². The van der Waals surface area contributed by atoms with E-state index in [2.05, 4.69) is 35.5 Å². The van der Waals surface area contributed by atoms with Crippen molar-refractivity contribution in [3.63, 3.8) is 0 Å². The summed E-state index contributed by atoms with van der Waals surface area (Å²) in [6.45, 7) is 4.16. The van der Waals surface area contributed by atoms with Gasteiger partial charge in [0.1, 0.15) is 0 Å². The molecular formula is C20H20N2OS2. The summed E-state index contributed by atoms with van der Waals surface area (Å²) in [6, 6.07) is 12.6. The van der Waals surface area contributed by atoms with E-state index in [4.69, 9.17) is 0 Å². The molecule has 128 valence electrons. The van der Waals surface area contributed by atoms with Gasteiger partial charge in [0.15, 0.2) is 0 Å². The maximum absolute atomic E-state index is 12.9. The lowest BCUT2D eigenvalue weighted by Gasteiger charge is -2.22. The largest absolute Gasteiger partial charge is 0.309 e. The van der Waals surface area contributed by atoms with Gasteiger partial charge in [-0.2, -0.15) is 0 Å². The molecule has 4 rings (SSSR count). The van der Waals surface area contributed by atoms with Gasteiger partial charge in [-0.3, -0.25) is 4.79 Å². The Morgan fingerprint density at radius 3 is 2.92 bits per heavy atom. The number of fused-ring (bicyclic) bond motifs is 1. The van der Waals surface area contributed by atoms with Gasteiger partial charge in [-0.05, 0) is 49.8 Å². The number of anilines is 1. The molecule has 3 aromatic rings. The van der Waals surface area contributed by atoms with Crippen molar-refractivity contribution in [3.8, 4) is 10.6 Å². The first-order valence-electron chi connectivity index (χ1n) is 8.53. The van der Waals surface area contributed by atoms with Crippen molar-refractivity contribution in [1.82, 2.24) is 4.98 Å². The lowest BCUT2D eigenvalue weighted by atomic mass is 10.1. The maximum Gasteiger partial charge on any atom is 0.227 e. The number of thiazole rings is 1. The van der Waals surface area contributed by atoms with Crippen molar-refractivity contribution in [3.05, 3.63) is 57.2 Å². The number of benzene rings is 1. The number of thiophene rings is 1. The van der Waals surface area contributed by atoms with E-state index < -0.39 is 0 Å². The van der Waals surface area contributed by atoms with Gasteiger partial charge < -0.3 is 4.90 Å². The van der Waals surface area contributed by atoms with Gasteiger partial charge in [-0.25, -0.2) is 4.98 Å². The molecule has 0 unspecified atom stereocenters. The Bertz CT molecular complexity index is 898. The second-order valence-corrected chi connectivity index (χ2v) is 8.66. The van der Waals surface area contributed by atoms with Crippen molar-refractivity contribution >= 4 is 34.3 Å². The van der Waals surface area contributed by atoms with Crippen molar-refractivity contribution in [1.29, 1.82) is 0 Å². The number of nitrogens with zero attached hydrogens (tertiary/aromatic N) is 2. The molecule has 0 N–H and O–H groups in total. The number of carbonyl (C=O) groups excluding carboxylic acids is 1. The van der Waals surface area contributed by atoms with Crippen LogP contribution in [-0.4, -0.2) is 16.9 Å². The fourth-order valence-corrected chi connectivity index (χ4v) is 5.29. The minimum Gasteiger partial charge on any atom is -0.309 e. The number of aryl methyl sites for hydroxylation is 2. The Morgan fingerprint density at radius 2 is 2.12 bits per heavy atom. The molecule has 1 aromatic carbocycles. The first kappa shape index (κ1) is 16.5. The number of aromatic nitrogens is 1. The molecule has 3 nitrogen and oxygen atoms in total. The second-order valence-electron chi connectivity index (χ2n) is 6.43. The quantitative estimate of drug-likeness (QED) is 0.642. The van der Waals surface area contributed by atoms with Gasteiger partial charge >= 0.3 is 0 Å². The van der Waals surface area contributed by atoms with Crippen LogP contribution in [0.3, 0.4) is 0 Å². The Kier molecular flexibility index (Phi) is 4.44. The van der Waals surface area contributed by atoms with Crippen LogP contribution in [0.2, 0.25) is 0 Å². The zero-order chi connectivity index (χ0) is 17.4. The third-order valence-corrected chi connectivity index (χ3v) is 6.51. The van der Waals surface area contributed by atoms with Crippen molar-refractivity contribution in [2.45, 2.75) is 39.2 Å². The lowest BCUT2D eigenvalue weighted by molar-refractivity contribution is -0.118. The van der Waals surface area contributed by atoms with Gasteiger partial charge in [0, 0.05) is 23.0 Å². The molecule has 25 heavy (non-hydrogen) atoms. The molecular weight excluding hydrogens is 348 g/mol. The lowest BCUT2D eigenvalue weighted by Crippen LogP contribution is -2.35. The highest BCUT2D eigenvalue weighted by Gasteiger charge is 2.30. The number of para-hydroxylation sites is 1. The fourth-order valence-electron chi connectivity index (χ4n) is 3.53. The predicted molar refractivity (Wildman–Crippen MR) is 106 cm³/mol. The maximum atomic E-state index is 12.9. The summed E-state index contributed by atoms with van der Waals surface area (Å²) in [7, 11) is 0. The molecule has 0 radical (unpaired) electrons. The molecule has 0 saturated carbocycles. The number of amides is 1. The van der Waals surface area contributed by atoms with Crippen LogP contribution < -0.4 is 4.90 Å². The standard InChI is InChI=1S/C20H20N2OS2/c1-13-12-15-6-3-4-7-16(15)22(13)19(23)10-9-18-20(21-14(2)25-18)17-8-5-11-24-17/h3-8,11,13H,9-10,12H2,1-2H3/t13-/m1/s1. The van der Waals surface area contributed by atoms with Gasteiger partial charge in [-0.15, -0.1) is 22.7 Å². The molecule has 5 heteroatoms. The van der Waals surface area contributed by atoms with Gasteiger partial charge in [0.05, 0.1) is 15.6 Å². The van der Waals surface area contributed by atoms with Gasteiger partial charge in [-0.1, -0.05) is 24.3 Å². The molecule has 0 bridgehead atoms. The first-order chi connectivity index (χ1) is 12.1. The highest BCUT2D eigenvalue weighted by Crippen LogP contribution is 2.34. The van der Waals surface area contributed by atoms with E-state index in [0.717, 1.165) is 29.2 Å². The van der Waals surface area contributed by atoms with E-state index in [1.165, 1.54) is 15.3 Å².